The maximum atomic E-state index is 3.85. The molecule has 1 rings (SSSR count). The molecule has 2 unspecified atom stereocenters. The van der Waals surface area contributed by atoms with E-state index in [0.717, 1.165) is 19.1 Å². The lowest BCUT2D eigenvalue weighted by molar-refractivity contribution is 0.139. The van der Waals surface area contributed by atoms with Crippen molar-refractivity contribution in [3.05, 3.63) is 12.7 Å². The minimum atomic E-state index is 0.594. The summed E-state index contributed by atoms with van der Waals surface area (Å²) in [5, 5.41) is 3.62. The molecule has 0 bridgehead atoms. The molecular formula is C14H28N2. The van der Waals surface area contributed by atoms with Crippen LogP contribution in [0, 0.1) is 5.92 Å². The van der Waals surface area contributed by atoms with Gasteiger partial charge in [-0.1, -0.05) is 13.0 Å². The zero-order chi connectivity index (χ0) is 12.1. The summed E-state index contributed by atoms with van der Waals surface area (Å²) < 4.78 is 0. The van der Waals surface area contributed by atoms with Crippen LogP contribution < -0.4 is 5.32 Å². The predicted molar refractivity (Wildman–Crippen MR) is 71.7 cm³/mol. The van der Waals surface area contributed by atoms with Crippen molar-refractivity contribution >= 4 is 0 Å². The van der Waals surface area contributed by atoms with Crippen LogP contribution in [0.25, 0.3) is 0 Å². The Balaban J connectivity index is 2.36. The molecule has 2 nitrogen and oxygen atoms in total. The molecule has 16 heavy (non-hydrogen) atoms. The molecule has 2 atom stereocenters. The average Bonchev–Trinajstić information content (AvgIpc) is 3.04. The van der Waals surface area contributed by atoms with E-state index in [4.69, 9.17) is 0 Å². The Morgan fingerprint density at radius 1 is 1.31 bits per heavy atom. The lowest BCUT2D eigenvalue weighted by Crippen LogP contribution is -2.45. The van der Waals surface area contributed by atoms with Crippen LogP contribution in [0.3, 0.4) is 0 Å². The van der Waals surface area contributed by atoms with Crippen molar-refractivity contribution in [1.29, 1.82) is 0 Å². The number of hydrogen-bond donors (Lipinski definition) is 1. The smallest absolute Gasteiger partial charge is 0.0166 e. The average molecular weight is 224 g/mol. The molecule has 1 N–H and O–H groups in total. The molecule has 0 radical (unpaired) electrons. The summed E-state index contributed by atoms with van der Waals surface area (Å²) in [7, 11) is 0. The summed E-state index contributed by atoms with van der Waals surface area (Å²) in [6.45, 7) is 15.2. The maximum Gasteiger partial charge on any atom is 0.0166 e. The van der Waals surface area contributed by atoms with Gasteiger partial charge in [0.25, 0.3) is 0 Å². The standard InChI is InChI=1S/C14H28N2/c1-6-9-16(11(2)3)13(5)12(4)10-15-14-7-8-14/h6,11-15H,1,7-10H2,2-5H3. The Morgan fingerprint density at radius 2 is 1.94 bits per heavy atom. The fourth-order valence-electron chi connectivity index (χ4n) is 2.13. The van der Waals surface area contributed by atoms with Crippen molar-refractivity contribution in [2.45, 2.75) is 58.7 Å². The van der Waals surface area contributed by atoms with Gasteiger partial charge >= 0.3 is 0 Å². The zero-order valence-corrected chi connectivity index (χ0v) is 11.4. The normalized spacial score (nSPS) is 20.1. The largest absolute Gasteiger partial charge is 0.314 e. The van der Waals surface area contributed by atoms with Crippen molar-refractivity contribution in [2.75, 3.05) is 13.1 Å². The van der Waals surface area contributed by atoms with E-state index in [2.05, 4.69) is 44.5 Å². The summed E-state index contributed by atoms with van der Waals surface area (Å²) in [6.07, 6.45) is 4.76. The number of rotatable bonds is 8. The highest BCUT2D eigenvalue weighted by Crippen LogP contribution is 2.20. The second kappa shape index (κ2) is 6.41. The van der Waals surface area contributed by atoms with Crippen molar-refractivity contribution in [3.8, 4) is 0 Å². The van der Waals surface area contributed by atoms with Crippen LogP contribution in [0.15, 0.2) is 12.7 Å². The van der Waals surface area contributed by atoms with E-state index in [1.165, 1.54) is 12.8 Å². The highest BCUT2D eigenvalue weighted by Gasteiger charge is 2.25. The third kappa shape index (κ3) is 4.26. The first-order valence-electron chi connectivity index (χ1n) is 6.66. The number of nitrogens with one attached hydrogen (secondary N) is 1. The molecule has 0 aromatic heterocycles. The summed E-state index contributed by atoms with van der Waals surface area (Å²) >= 11 is 0. The quantitative estimate of drug-likeness (QED) is 0.638. The van der Waals surface area contributed by atoms with Crippen molar-refractivity contribution < 1.29 is 0 Å². The van der Waals surface area contributed by atoms with Crippen LogP contribution in [0.5, 0.6) is 0 Å². The van der Waals surface area contributed by atoms with Crippen molar-refractivity contribution in [3.63, 3.8) is 0 Å². The van der Waals surface area contributed by atoms with Crippen LogP contribution in [-0.4, -0.2) is 36.1 Å². The second-order valence-electron chi connectivity index (χ2n) is 5.48. The minimum absolute atomic E-state index is 0.594. The Kier molecular flexibility index (Phi) is 5.50. The van der Waals surface area contributed by atoms with Gasteiger partial charge < -0.3 is 5.32 Å². The van der Waals surface area contributed by atoms with Gasteiger partial charge in [-0.3, -0.25) is 4.90 Å². The van der Waals surface area contributed by atoms with E-state index in [-0.39, 0.29) is 0 Å². The topological polar surface area (TPSA) is 15.3 Å². The Labute approximate surface area is 101 Å². The molecule has 1 aliphatic rings. The molecule has 0 spiro atoms. The molecule has 0 aromatic rings. The molecule has 2 heteroatoms. The molecule has 0 heterocycles. The third-order valence-corrected chi connectivity index (χ3v) is 3.66. The highest BCUT2D eigenvalue weighted by molar-refractivity contribution is 4.86. The fraction of sp³-hybridized carbons (Fsp3) is 0.857. The fourth-order valence-corrected chi connectivity index (χ4v) is 2.13. The lowest BCUT2D eigenvalue weighted by Gasteiger charge is -2.35. The van der Waals surface area contributed by atoms with Gasteiger partial charge in [-0.15, -0.1) is 6.58 Å². The van der Waals surface area contributed by atoms with Gasteiger partial charge in [0.1, 0.15) is 0 Å². The minimum Gasteiger partial charge on any atom is -0.314 e. The SMILES string of the molecule is C=CCN(C(C)C)C(C)C(C)CNC1CC1. The first-order valence-corrected chi connectivity index (χ1v) is 6.66. The monoisotopic (exact) mass is 224 g/mol. The van der Waals surface area contributed by atoms with Crippen LogP contribution in [0.1, 0.15) is 40.5 Å². The van der Waals surface area contributed by atoms with Crippen LogP contribution in [0.4, 0.5) is 0 Å². The van der Waals surface area contributed by atoms with E-state index in [0.29, 0.717) is 18.0 Å². The Bertz CT molecular complexity index is 209. The van der Waals surface area contributed by atoms with Crippen molar-refractivity contribution in [2.24, 2.45) is 5.92 Å². The first-order chi connectivity index (χ1) is 7.56. The first kappa shape index (κ1) is 13.7. The van der Waals surface area contributed by atoms with Gasteiger partial charge in [-0.2, -0.15) is 0 Å². The molecule has 0 aromatic carbocycles. The third-order valence-electron chi connectivity index (χ3n) is 3.66. The van der Waals surface area contributed by atoms with Gasteiger partial charge in [-0.25, -0.2) is 0 Å². The molecule has 1 saturated carbocycles. The summed E-state index contributed by atoms with van der Waals surface area (Å²) in [6, 6.07) is 2.03. The van der Waals surface area contributed by atoms with E-state index in [9.17, 15) is 0 Å². The lowest BCUT2D eigenvalue weighted by atomic mass is 10.0. The zero-order valence-electron chi connectivity index (χ0n) is 11.4. The molecule has 0 amide bonds. The van der Waals surface area contributed by atoms with Crippen LogP contribution in [0.2, 0.25) is 0 Å². The van der Waals surface area contributed by atoms with E-state index in [1.54, 1.807) is 0 Å². The number of nitrogens with zero attached hydrogens (tertiary/aromatic N) is 1. The second-order valence-corrected chi connectivity index (χ2v) is 5.48. The Morgan fingerprint density at radius 3 is 2.38 bits per heavy atom. The van der Waals surface area contributed by atoms with E-state index in [1.807, 2.05) is 6.08 Å². The predicted octanol–water partition coefficient (Wildman–Crippen LogP) is 2.66. The highest BCUT2D eigenvalue weighted by atomic mass is 15.2. The van der Waals surface area contributed by atoms with E-state index < -0.39 is 0 Å². The van der Waals surface area contributed by atoms with Gasteiger partial charge in [-0.05, 0) is 46.1 Å². The van der Waals surface area contributed by atoms with Crippen LogP contribution in [-0.2, 0) is 0 Å². The maximum absolute atomic E-state index is 3.85. The molecule has 1 aliphatic carbocycles. The van der Waals surface area contributed by atoms with E-state index >= 15 is 0 Å². The van der Waals surface area contributed by atoms with Crippen LogP contribution >= 0.6 is 0 Å². The molecular weight excluding hydrogens is 196 g/mol. The molecule has 94 valence electrons. The van der Waals surface area contributed by atoms with Crippen molar-refractivity contribution in [1.82, 2.24) is 10.2 Å². The summed E-state index contributed by atoms with van der Waals surface area (Å²) in [4.78, 5) is 2.52. The van der Waals surface area contributed by atoms with Gasteiger partial charge in [0, 0.05) is 24.7 Å². The van der Waals surface area contributed by atoms with Gasteiger partial charge in [0.05, 0.1) is 0 Å². The van der Waals surface area contributed by atoms with Gasteiger partial charge in [0.15, 0.2) is 0 Å². The summed E-state index contributed by atoms with van der Waals surface area (Å²) in [5.41, 5.74) is 0. The van der Waals surface area contributed by atoms with Gasteiger partial charge in [0.2, 0.25) is 0 Å². The molecule has 1 fully saturated rings. The molecule has 0 saturated heterocycles. The molecule has 0 aliphatic heterocycles. The number of hydrogen-bond acceptors (Lipinski definition) is 2. The Hall–Kier alpha value is -0.340. The summed E-state index contributed by atoms with van der Waals surface area (Å²) in [5.74, 6) is 0.697.